The smallest absolute Gasteiger partial charge is 0.123 e. The van der Waals surface area contributed by atoms with Gasteiger partial charge in [-0.05, 0) is 24.6 Å². The maximum atomic E-state index is 5.50. The number of unbranched alkanes of at least 4 members (excludes halogenated alkanes) is 1. The molecule has 0 aromatic heterocycles. The van der Waals surface area contributed by atoms with Crippen LogP contribution in [0.3, 0.4) is 0 Å². The van der Waals surface area contributed by atoms with Gasteiger partial charge in [-0.1, -0.05) is 13.3 Å². The lowest BCUT2D eigenvalue weighted by atomic mass is 10.2. The molecular weight excluding hydrogens is 242 g/mol. The van der Waals surface area contributed by atoms with Crippen LogP contribution in [0.5, 0.6) is 11.5 Å². The lowest BCUT2D eigenvalue weighted by molar-refractivity contribution is 0.133. The van der Waals surface area contributed by atoms with Gasteiger partial charge >= 0.3 is 0 Å². The van der Waals surface area contributed by atoms with Crippen LogP contribution in [0.25, 0.3) is 0 Å². The van der Waals surface area contributed by atoms with Crippen molar-refractivity contribution >= 4 is 0 Å². The summed E-state index contributed by atoms with van der Waals surface area (Å²) in [7, 11) is 3.35. The molecule has 1 N–H and O–H groups in total. The fraction of sp³-hybridized carbons (Fsp3) is 0.600. The zero-order valence-electron chi connectivity index (χ0n) is 12.2. The molecule has 0 saturated heterocycles. The SMILES string of the molecule is CCCCOCCNCc1cc(OC)ccc1OC. The van der Waals surface area contributed by atoms with Crippen LogP contribution in [0, 0.1) is 0 Å². The van der Waals surface area contributed by atoms with Crippen LogP contribution in [-0.4, -0.2) is 34.0 Å². The molecule has 108 valence electrons. The van der Waals surface area contributed by atoms with Crippen molar-refractivity contribution in [2.24, 2.45) is 0 Å². The predicted molar refractivity (Wildman–Crippen MR) is 77.0 cm³/mol. The lowest BCUT2D eigenvalue weighted by Crippen LogP contribution is -2.19. The Morgan fingerprint density at radius 3 is 2.63 bits per heavy atom. The maximum absolute atomic E-state index is 5.50. The molecule has 1 rings (SSSR count). The Hall–Kier alpha value is -1.26. The van der Waals surface area contributed by atoms with Crippen LogP contribution in [0.2, 0.25) is 0 Å². The van der Waals surface area contributed by atoms with E-state index in [4.69, 9.17) is 14.2 Å². The topological polar surface area (TPSA) is 39.7 Å². The van der Waals surface area contributed by atoms with Gasteiger partial charge in [0.2, 0.25) is 0 Å². The zero-order chi connectivity index (χ0) is 13.9. The molecule has 0 aliphatic rings. The van der Waals surface area contributed by atoms with Gasteiger partial charge in [0.1, 0.15) is 11.5 Å². The molecule has 1 aromatic rings. The minimum absolute atomic E-state index is 0.742. The van der Waals surface area contributed by atoms with Crippen LogP contribution in [0.15, 0.2) is 18.2 Å². The van der Waals surface area contributed by atoms with E-state index in [1.54, 1.807) is 14.2 Å². The number of hydrogen-bond acceptors (Lipinski definition) is 4. The first-order valence-electron chi connectivity index (χ1n) is 6.81. The summed E-state index contributed by atoms with van der Waals surface area (Å²) in [5, 5.41) is 3.34. The number of nitrogens with one attached hydrogen (secondary N) is 1. The molecule has 0 atom stereocenters. The van der Waals surface area contributed by atoms with Crippen molar-refractivity contribution < 1.29 is 14.2 Å². The Morgan fingerprint density at radius 1 is 1.11 bits per heavy atom. The molecule has 0 heterocycles. The van der Waals surface area contributed by atoms with Crippen LogP contribution in [0.4, 0.5) is 0 Å². The minimum atomic E-state index is 0.742. The minimum Gasteiger partial charge on any atom is -0.497 e. The average Bonchev–Trinajstić information content (AvgIpc) is 2.46. The number of rotatable bonds is 10. The van der Waals surface area contributed by atoms with E-state index < -0.39 is 0 Å². The van der Waals surface area contributed by atoms with Gasteiger partial charge in [0.25, 0.3) is 0 Å². The number of hydrogen-bond donors (Lipinski definition) is 1. The standard InChI is InChI=1S/C15H25NO3/c1-4-5-9-19-10-8-16-12-13-11-14(17-2)6-7-15(13)18-3/h6-7,11,16H,4-5,8-10,12H2,1-3H3. The Morgan fingerprint density at radius 2 is 1.95 bits per heavy atom. The first-order valence-corrected chi connectivity index (χ1v) is 6.81. The quantitative estimate of drug-likeness (QED) is 0.661. The first kappa shape index (κ1) is 15.8. The molecule has 4 heteroatoms. The van der Waals surface area contributed by atoms with Crippen molar-refractivity contribution in [1.29, 1.82) is 0 Å². The van der Waals surface area contributed by atoms with E-state index in [2.05, 4.69) is 12.2 Å². The Labute approximate surface area is 116 Å². The highest BCUT2D eigenvalue weighted by Gasteiger charge is 2.04. The highest BCUT2D eigenvalue weighted by atomic mass is 16.5. The fourth-order valence-corrected chi connectivity index (χ4v) is 1.74. The third kappa shape index (κ3) is 5.94. The van der Waals surface area contributed by atoms with Gasteiger partial charge in [0.05, 0.1) is 20.8 Å². The van der Waals surface area contributed by atoms with Crippen LogP contribution in [-0.2, 0) is 11.3 Å². The van der Waals surface area contributed by atoms with E-state index >= 15 is 0 Å². The Bertz CT molecular complexity index is 355. The van der Waals surface area contributed by atoms with Crippen molar-refractivity contribution in [3.63, 3.8) is 0 Å². The van der Waals surface area contributed by atoms with Crippen molar-refractivity contribution in [3.8, 4) is 11.5 Å². The molecule has 4 nitrogen and oxygen atoms in total. The average molecular weight is 267 g/mol. The summed E-state index contributed by atoms with van der Waals surface area (Å²) < 4.78 is 16.0. The summed E-state index contributed by atoms with van der Waals surface area (Å²) in [5.74, 6) is 1.72. The van der Waals surface area contributed by atoms with Crippen LogP contribution < -0.4 is 14.8 Å². The van der Waals surface area contributed by atoms with Crippen LogP contribution in [0.1, 0.15) is 25.3 Å². The van der Waals surface area contributed by atoms with E-state index in [0.29, 0.717) is 0 Å². The first-order chi connectivity index (χ1) is 9.31. The Balaban J connectivity index is 2.31. The summed E-state index contributed by atoms with van der Waals surface area (Å²) >= 11 is 0. The third-order valence-electron chi connectivity index (χ3n) is 2.87. The second-order valence-electron chi connectivity index (χ2n) is 4.32. The van der Waals surface area contributed by atoms with Gasteiger partial charge in [-0.2, -0.15) is 0 Å². The summed E-state index contributed by atoms with van der Waals surface area (Å²) in [4.78, 5) is 0. The fourth-order valence-electron chi connectivity index (χ4n) is 1.74. The molecule has 0 bridgehead atoms. The highest BCUT2D eigenvalue weighted by molar-refractivity contribution is 5.40. The number of ether oxygens (including phenoxy) is 3. The van der Waals surface area contributed by atoms with E-state index in [-0.39, 0.29) is 0 Å². The highest BCUT2D eigenvalue weighted by Crippen LogP contribution is 2.23. The number of benzene rings is 1. The van der Waals surface area contributed by atoms with Gasteiger partial charge in [-0.25, -0.2) is 0 Å². The van der Waals surface area contributed by atoms with Gasteiger partial charge in [-0.15, -0.1) is 0 Å². The second kappa shape index (κ2) is 9.64. The molecule has 19 heavy (non-hydrogen) atoms. The molecule has 0 unspecified atom stereocenters. The predicted octanol–water partition coefficient (Wildman–Crippen LogP) is 2.61. The summed E-state index contributed by atoms with van der Waals surface area (Å²) in [5.41, 5.74) is 1.09. The van der Waals surface area contributed by atoms with E-state index in [9.17, 15) is 0 Å². The van der Waals surface area contributed by atoms with Gasteiger partial charge in [0, 0.05) is 25.3 Å². The lowest BCUT2D eigenvalue weighted by Gasteiger charge is -2.11. The maximum Gasteiger partial charge on any atom is 0.123 e. The summed E-state index contributed by atoms with van der Waals surface area (Å²) in [6.07, 6.45) is 2.30. The van der Waals surface area contributed by atoms with E-state index in [1.165, 1.54) is 6.42 Å². The molecule has 1 aromatic carbocycles. The zero-order valence-corrected chi connectivity index (χ0v) is 12.2. The molecule has 0 radical (unpaired) electrons. The number of methoxy groups -OCH3 is 2. The molecule has 0 amide bonds. The van der Waals surface area contributed by atoms with Crippen molar-refractivity contribution in [2.45, 2.75) is 26.3 Å². The monoisotopic (exact) mass is 267 g/mol. The summed E-state index contributed by atoms with van der Waals surface area (Å²) in [6.45, 7) is 5.34. The van der Waals surface area contributed by atoms with Crippen molar-refractivity contribution in [1.82, 2.24) is 5.32 Å². The largest absolute Gasteiger partial charge is 0.497 e. The molecule has 0 spiro atoms. The normalized spacial score (nSPS) is 10.5. The van der Waals surface area contributed by atoms with Crippen LogP contribution >= 0.6 is 0 Å². The van der Waals surface area contributed by atoms with Crippen molar-refractivity contribution in [2.75, 3.05) is 34.0 Å². The molecule has 0 saturated carbocycles. The van der Waals surface area contributed by atoms with Crippen molar-refractivity contribution in [3.05, 3.63) is 23.8 Å². The molecule has 0 aliphatic heterocycles. The molecule has 0 fully saturated rings. The van der Waals surface area contributed by atoms with Gasteiger partial charge in [0.15, 0.2) is 0 Å². The Kier molecular flexibility index (Phi) is 8.02. The summed E-state index contributed by atoms with van der Waals surface area (Å²) in [6, 6.07) is 5.81. The second-order valence-corrected chi connectivity index (χ2v) is 4.32. The third-order valence-corrected chi connectivity index (χ3v) is 2.87. The molecule has 0 aliphatic carbocycles. The van der Waals surface area contributed by atoms with E-state index in [1.807, 2.05) is 18.2 Å². The van der Waals surface area contributed by atoms with Gasteiger partial charge in [-0.3, -0.25) is 0 Å². The van der Waals surface area contributed by atoms with Gasteiger partial charge < -0.3 is 19.5 Å². The molecular formula is C15H25NO3. The van der Waals surface area contributed by atoms with E-state index in [0.717, 1.165) is 49.8 Å².